The van der Waals surface area contributed by atoms with E-state index >= 15 is 0 Å². The quantitative estimate of drug-likeness (QED) is 0.518. The Bertz CT molecular complexity index is 949. The average Bonchev–Trinajstić information content (AvgIpc) is 2.76. The summed E-state index contributed by atoms with van der Waals surface area (Å²) in [6, 6.07) is 17.3. The van der Waals surface area contributed by atoms with E-state index in [1.54, 1.807) is 49.6 Å². The first-order chi connectivity index (χ1) is 14.5. The molecule has 0 spiro atoms. The van der Waals surface area contributed by atoms with Gasteiger partial charge in [-0.2, -0.15) is 0 Å². The largest absolute Gasteiger partial charge is 0.497 e. The molecule has 0 aromatic heterocycles. The van der Waals surface area contributed by atoms with Gasteiger partial charge in [-0.25, -0.2) is 8.78 Å². The second-order valence-electron chi connectivity index (χ2n) is 6.41. The Morgan fingerprint density at radius 3 is 1.97 bits per heavy atom. The van der Waals surface area contributed by atoms with Crippen molar-refractivity contribution in [3.63, 3.8) is 0 Å². The Hall–Kier alpha value is -3.06. The van der Waals surface area contributed by atoms with Crippen molar-refractivity contribution in [2.45, 2.75) is 5.25 Å². The summed E-state index contributed by atoms with van der Waals surface area (Å²) in [5, 5.41) is 2.57. The fourth-order valence-electron chi connectivity index (χ4n) is 2.91. The molecule has 0 unspecified atom stereocenters. The molecule has 0 saturated carbocycles. The van der Waals surface area contributed by atoms with E-state index in [1.807, 2.05) is 0 Å². The number of amides is 1. The molecule has 1 N–H and O–H groups in total. The molecular formula is C23H21F2NO3S. The van der Waals surface area contributed by atoms with E-state index in [0.717, 1.165) is 11.1 Å². The number of anilines is 1. The van der Waals surface area contributed by atoms with Crippen LogP contribution in [0.25, 0.3) is 0 Å². The van der Waals surface area contributed by atoms with Gasteiger partial charge < -0.3 is 14.8 Å². The van der Waals surface area contributed by atoms with Crippen LogP contribution in [-0.4, -0.2) is 25.9 Å². The monoisotopic (exact) mass is 429 g/mol. The molecule has 7 heteroatoms. The number of hydrogen-bond acceptors (Lipinski definition) is 4. The lowest BCUT2D eigenvalue weighted by Gasteiger charge is -2.18. The summed E-state index contributed by atoms with van der Waals surface area (Å²) in [6.45, 7) is 0. The van der Waals surface area contributed by atoms with Crippen LogP contribution in [0, 0.1) is 11.6 Å². The van der Waals surface area contributed by atoms with Crippen LogP contribution in [0.5, 0.6) is 11.5 Å². The normalized spacial score (nSPS) is 10.7. The number of carbonyl (C=O) groups excluding carboxylic acids is 1. The van der Waals surface area contributed by atoms with Crippen molar-refractivity contribution < 1.29 is 23.0 Å². The third-order valence-electron chi connectivity index (χ3n) is 4.41. The van der Waals surface area contributed by atoms with Gasteiger partial charge in [0.25, 0.3) is 0 Å². The highest BCUT2D eigenvalue weighted by atomic mass is 32.2. The summed E-state index contributed by atoms with van der Waals surface area (Å²) in [5.41, 5.74) is 2.18. The molecule has 0 aliphatic rings. The molecule has 3 aromatic carbocycles. The van der Waals surface area contributed by atoms with Gasteiger partial charge in [0.1, 0.15) is 23.1 Å². The maximum atomic E-state index is 13.3. The number of halogens is 2. The zero-order chi connectivity index (χ0) is 21.5. The number of nitrogens with one attached hydrogen (secondary N) is 1. The SMILES string of the molecule is COc1ccc(NC(=O)CSC(c2ccc(F)cc2)c2ccc(F)cc2)c(OC)c1. The van der Waals surface area contributed by atoms with Crippen LogP contribution in [0.2, 0.25) is 0 Å². The molecule has 0 saturated heterocycles. The second-order valence-corrected chi connectivity index (χ2v) is 7.50. The van der Waals surface area contributed by atoms with Crippen LogP contribution in [-0.2, 0) is 4.79 Å². The van der Waals surface area contributed by atoms with Crippen LogP contribution in [0.4, 0.5) is 14.5 Å². The highest BCUT2D eigenvalue weighted by Gasteiger charge is 2.18. The summed E-state index contributed by atoms with van der Waals surface area (Å²) in [5.74, 6) is 0.331. The highest BCUT2D eigenvalue weighted by molar-refractivity contribution is 8.00. The number of hydrogen-bond donors (Lipinski definition) is 1. The lowest BCUT2D eigenvalue weighted by atomic mass is 10.0. The van der Waals surface area contributed by atoms with Crippen molar-refractivity contribution >= 4 is 23.4 Å². The lowest BCUT2D eigenvalue weighted by Crippen LogP contribution is -2.16. The molecule has 0 radical (unpaired) electrons. The van der Waals surface area contributed by atoms with E-state index in [4.69, 9.17) is 9.47 Å². The van der Waals surface area contributed by atoms with E-state index in [9.17, 15) is 13.6 Å². The molecule has 0 atom stereocenters. The standard InChI is InChI=1S/C23H21F2NO3S/c1-28-19-11-12-20(21(13-19)29-2)26-22(27)14-30-23(15-3-7-17(24)8-4-15)16-5-9-18(25)10-6-16/h3-13,23H,14H2,1-2H3,(H,26,27). The molecule has 0 bridgehead atoms. The van der Waals surface area contributed by atoms with Gasteiger partial charge in [-0.3, -0.25) is 4.79 Å². The van der Waals surface area contributed by atoms with Crippen LogP contribution in [0.1, 0.15) is 16.4 Å². The van der Waals surface area contributed by atoms with Gasteiger partial charge in [-0.05, 0) is 47.5 Å². The molecule has 156 valence electrons. The molecule has 3 rings (SSSR count). The average molecular weight is 429 g/mol. The predicted molar refractivity (Wildman–Crippen MR) is 115 cm³/mol. The molecule has 0 aliphatic carbocycles. The van der Waals surface area contributed by atoms with Crippen molar-refractivity contribution in [2.24, 2.45) is 0 Å². The number of ether oxygens (including phenoxy) is 2. The summed E-state index contributed by atoms with van der Waals surface area (Å²) in [7, 11) is 3.06. The molecule has 3 aromatic rings. The Morgan fingerprint density at radius 2 is 1.47 bits per heavy atom. The van der Waals surface area contributed by atoms with Crippen LogP contribution in [0.3, 0.4) is 0 Å². The summed E-state index contributed by atoms with van der Waals surface area (Å²) in [4.78, 5) is 12.6. The van der Waals surface area contributed by atoms with Crippen molar-refractivity contribution in [2.75, 3.05) is 25.3 Å². The van der Waals surface area contributed by atoms with E-state index in [1.165, 1.54) is 43.1 Å². The molecule has 4 nitrogen and oxygen atoms in total. The Kier molecular flexibility index (Phi) is 7.30. The minimum atomic E-state index is -0.342. The van der Waals surface area contributed by atoms with Gasteiger partial charge in [0, 0.05) is 6.07 Å². The van der Waals surface area contributed by atoms with Gasteiger partial charge in [-0.1, -0.05) is 24.3 Å². The van der Waals surface area contributed by atoms with Gasteiger partial charge in [0.2, 0.25) is 5.91 Å². The van der Waals surface area contributed by atoms with Crippen molar-refractivity contribution in [1.82, 2.24) is 0 Å². The van der Waals surface area contributed by atoms with E-state index in [-0.39, 0.29) is 28.5 Å². The third-order valence-corrected chi connectivity index (χ3v) is 5.72. The fraction of sp³-hybridized carbons (Fsp3) is 0.174. The van der Waals surface area contributed by atoms with Crippen LogP contribution >= 0.6 is 11.8 Å². The first-order valence-electron chi connectivity index (χ1n) is 9.14. The van der Waals surface area contributed by atoms with Gasteiger partial charge in [0.05, 0.1) is 30.9 Å². The second kappa shape index (κ2) is 10.1. The number of thioether (sulfide) groups is 1. The van der Waals surface area contributed by atoms with Crippen molar-refractivity contribution in [3.05, 3.63) is 89.5 Å². The molecule has 0 aliphatic heterocycles. The lowest BCUT2D eigenvalue weighted by molar-refractivity contribution is -0.113. The fourth-order valence-corrected chi connectivity index (χ4v) is 4.00. The molecule has 30 heavy (non-hydrogen) atoms. The zero-order valence-corrected chi connectivity index (χ0v) is 17.3. The summed E-state index contributed by atoms with van der Waals surface area (Å²) in [6.07, 6.45) is 0. The Balaban J connectivity index is 1.74. The van der Waals surface area contributed by atoms with Crippen molar-refractivity contribution in [3.8, 4) is 11.5 Å². The van der Waals surface area contributed by atoms with E-state index in [2.05, 4.69) is 5.32 Å². The topological polar surface area (TPSA) is 47.6 Å². The minimum absolute atomic E-state index is 0.134. The first kappa shape index (κ1) is 21.6. The maximum absolute atomic E-state index is 13.3. The van der Waals surface area contributed by atoms with Crippen LogP contribution < -0.4 is 14.8 Å². The highest BCUT2D eigenvalue weighted by Crippen LogP contribution is 2.36. The number of methoxy groups -OCH3 is 2. The molecule has 0 fully saturated rings. The van der Waals surface area contributed by atoms with Gasteiger partial charge in [-0.15, -0.1) is 11.8 Å². The molecule has 1 amide bonds. The summed E-state index contributed by atoms with van der Waals surface area (Å²) < 4.78 is 37.2. The first-order valence-corrected chi connectivity index (χ1v) is 10.2. The number of rotatable bonds is 8. The van der Waals surface area contributed by atoms with E-state index < -0.39 is 0 Å². The van der Waals surface area contributed by atoms with Crippen molar-refractivity contribution in [1.29, 1.82) is 0 Å². The van der Waals surface area contributed by atoms with Gasteiger partial charge >= 0.3 is 0 Å². The zero-order valence-electron chi connectivity index (χ0n) is 16.5. The number of carbonyl (C=O) groups is 1. The minimum Gasteiger partial charge on any atom is -0.497 e. The van der Waals surface area contributed by atoms with E-state index in [0.29, 0.717) is 17.2 Å². The predicted octanol–water partition coefficient (Wildman–Crippen LogP) is 5.44. The third kappa shape index (κ3) is 5.51. The molecular weight excluding hydrogens is 408 g/mol. The Labute approximate surface area is 178 Å². The smallest absolute Gasteiger partial charge is 0.234 e. The Morgan fingerprint density at radius 1 is 0.900 bits per heavy atom. The molecule has 0 heterocycles. The number of benzene rings is 3. The maximum Gasteiger partial charge on any atom is 0.234 e. The summed E-state index contributed by atoms with van der Waals surface area (Å²) >= 11 is 1.37. The van der Waals surface area contributed by atoms with Gasteiger partial charge in [0.15, 0.2) is 0 Å². The van der Waals surface area contributed by atoms with Crippen LogP contribution in [0.15, 0.2) is 66.7 Å².